The van der Waals surface area contributed by atoms with Gasteiger partial charge >= 0.3 is 0 Å². The molecule has 0 spiro atoms. The number of hydrogen-bond donors (Lipinski definition) is 3. The summed E-state index contributed by atoms with van der Waals surface area (Å²) in [6, 6.07) is 0. The third-order valence-electron chi connectivity index (χ3n) is 1.86. The van der Waals surface area contributed by atoms with E-state index in [9.17, 15) is 0 Å². The van der Waals surface area contributed by atoms with Crippen LogP contribution in [0.3, 0.4) is 0 Å². The van der Waals surface area contributed by atoms with Crippen LogP contribution in [0.25, 0.3) is 0 Å². The normalized spacial score (nSPS) is 12.0. The predicted octanol–water partition coefficient (Wildman–Crippen LogP) is -0.271. The third-order valence-corrected chi connectivity index (χ3v) is 1.86. The molecule has 0 heterocycles. The fourth-order valence-corrected chi connectivity index (χ4v) is 0.970. The average Bonchev–Trinajstić information content (AvgIpc) is 2.01. The molecule has 0 radical (unpaired) electrons. The highest BCUT2D eigenvalue weighted by Gasteiger charge is 2.24. The lowest BCUT2D eigenvalue weighted by molar-refractivity contribution is 0.0898. The van der Waals surface area contributed by atoms with Gasteiger partial charge in [0.05, 0.1) is 18.8 Å². The van der Waals surface area contributed by atoms with Crippen molar-refractivity contribution in [2.45, 2.75) is 25.3 Å². The predicted molar refractivity (Wildman–Crippen MR) is 40.9 cm³/mol. The molecule has 0 atom stereocenters. The third kappa shape index (κ3) is 2.25. The van der Waals surface area contributed by atoms with Crippen molar-refractivity contribution < 1.29 is 10.2 Å². The number of rotatable bonds is 5. The molecule has 0 aromatic rings. The summed E-state index contributed by atoms with van der Waals surface area (Å²) >= 11 is 0. The Morgan fingerprint density at radius 1 is 1.30 bits per heavy atom. The van der Waals surface area contributed by atoms with Crippen molar-refractivity contribution in [3.8, 4) is 0 Å². The van der Waals surface area contributed by atoms with Crippen LogP contribution >= 0.6 is 0 Å². The van der Waals surface area contributed by atoms with Crippen LogP contribution in [0.4, 0.5) is 0 Å². The second-order valence-electron chi connectivity index (χ2n) is 2.60. The monoisotopic (exact) mass is 147 g/mol. The molecule has 0 saturated heterocycles. The largest absolute Gasteiger partial charge is 0.394 e. The SMILES string of the molecule is CCCC(CO)(CO)NC. The van der Waals surface area contributed by atoms with Gasteiger partial charge in [-0.05, 0) is 13.5 Å². The molecule has 0 aliphatic carbocycles. The van der Waals surface area contributed by atoms with E-state index in [2.05, 4.69) is 5.32 Å². The highest BCUT2D eigenvalue weighted by molar-refractivity contribution is 4.84. The minimum atomic E-state index is -0.464. The van der Waals surface area contributed by atoms with Gasteiger partial charge in [0.25, 0.3) is 0 Å². The maximum absolute atomic E-state index is 8.89. The lowest BCUT2D eigenvalue weighted by Crippen LogP contribution is -2.49. The Bertz CT molecular complexity index is 73.4. The summed E-state index contributed by atoms with van der Waals surface area (Å²) in [4.78, 5) is 0. The van der Waals surface area contributed by atoms with Gasteiger partial charge in [-0.15, -0.1) is 0 Å². The van der Waals surface area contributed by atoms with Crippen molar-refractivity contribution in [3.63, 3.8) is 0 Å². The van der Waals surface area contributed by atoms with Gasteiger partial charge in [-0.2, -0.15) is 0 Å². The molecule has 0 rings (SSSR count). The summed E-state index contributed by atoms with van der Waals surface area (Å²) in [5.74, 6) is 0. The molecule has 0 fully saturated rings. The van der Waals surface area contributed by atoms with Crippen LogP contribution in [0, 0.1) is 0 Å². The molecule has 0 saturated carbocycles. The van der Waals surface area contributed by atoms with E-state index >= 15 is 0 Å². The highest BCUT2D eigenvalue weighted by Crippen LogP contribution is 2.09. The summed E-state index contributed by atoms with van der Waals surface area (Å²) in [6.07, 6.45) is 1.76. The van der Waals surface area contributed by atoms with E-state index < -0.39 is 5.54 Å². The zero-order valence-electron chi connectivity index (χ0n) is 6.72. The number of aliphatic hydroxyl groups is 2. The number of hydrogen-bond acceptors (Lipinski definition) is 3. The van der Waals surface area contributed by atoms with Gasteiger partial charge in [0.2, 0.25) is 0 Å². The van der Waals surface area contributed by atoms with Crippen LogP contribution < -0.4 is 5.32 Å². The molecular weight excluding hydrogens is 130 g/mol. The molecule has 0 aliphatic rings. The van der Waals surface area contributed by atoms with E-state index in [1.165, 1.54) is 0 Å². The van der Waals surface area contributed by atoms with Gasteiger partial charge in [0.15, 0.2) is 0 Å². The molecule has 3 N–H and O–H groups in total. The maximum Gasteiger partial charge on any atom is 0.0645 e. The fraction of sp³-hybridized carbons (Fsp3) is 1.00. The van der Waals surface area contributed by atoms with Crippen molar-refractivity contribution in [2.75, 3.05) is 20.3 Å². The zero-order valence-corrected chi connectivity index (χ0v) is 6.72. The summed E-state index contributed by atoms with van der Waals surface area (Å²) in [6.45, 7) is 2.01. The van der Waals surface area contributed by atoms with Gasteiger partial charge in [-0.1, -0.05) is 13.3 Å². The number of aliphatic hydroxyl groups excluding tert-OH is 2. The Balaban J connectivity index is 3.87. The van der Waals surface area contributed by atoms with Crippen LogP contribution in [-0.4, -0.2) is 36.0 Å². The second kappa shape index (κ2) is 4.66. The smallest absolute Gasteiger partial charge is 0.0645 e. The summed E-state index contributed by atoms with van der Waals surface area (Å²) in [5.41, 5.74) is -0.464. The Morgan fingerprint density at radius 2 is 1.80 bits per heavy atom. The first-order valence-corrected chi connectivity index (χ1v) is 3.65. The van der Waals surface area contributed by atoms with Gasteiger partial charge in [-0.25, -0.2) is 0 Å². The molecule has 0 amide bonds. The van der Waals surface area contributed by atoms with Crippen molar-refractivity contribution in [1.82, 2.24) is 5.32 Å². The molecule has 0 aromatic heterocycles. The Labute approximate surface area is 62.1 Å². The van der Waals surface area contributed by atoms with Crippen LogP contribution in [-0.2, 0) is 0 Å². The van der Waals surface area contributed by atoms with Crippen LogP contribution in [0.2, 0.25) is 0 Å². The van der Waals surface area contributed by atoms with E-state index in [4.69, 9.17) is 10.2 Å². The van der Waals surface area contributed by atoms with Gasteiger partial charge in [0.1, 0.15) is 0 Å². The lowest BCUT2D eigenvalue weighted by Gasteiger charge is -2.28. The van der Waals surface area contributed by atoms with Gasteiger partial charge in [0, 0.05) is 0 Å². The number of likely N-dealkylation sites (N-methyl/N-ethyl adjacent to an activating group) is 1. The summed E-state index contributed by atoms with van der Waals surface area (Å²) in [7, 11) is 1.75. The van der Waals surface area contributed by atoms with Crippen LogP contribution in [0.15, 0.2) is 0 Å². The number of nitrogens with one attached hydrogen (secondary N) is 1. The van der Waals surface area contributed by atoms with Crippen molar-refractivity contribution in [3.05, 3.63) is 0 Å². The molecule has 0 aliphatic heterocycles. The minimum Gasteiger partial charge on any atom is -0.394 e. The zero-order chi connectivity index (χ0) is 8.04. The van der Waals surface area contributed by atoms with Crippen molar-refractivity contribution in [1.29, 1.82) is 0 Å². The van der Waals surface area contributed by atoms with Gasteiger partial charge < -0.3 is 15.5 Å². The minimum absolute atomic E-state index is 0.00611. The van der Waals surface area contributed by atoms with Gasteiger partial charge in [-0.3, -0.25) is 0 Å². The molecule has 3 nitrogen and oxygen atoms in total. The van der Waals surface area contributed by atoms with Crippen LogP contribution in [0.5, 0.6) is 0 Å². The Hall–Kier alpha value is -0.120. The first-order valence-electron chi connectivity index (χ1n) is 3.65. The summed E-state index contributed by atoms with van der Waals surface area (Å²) in [5, 5.41) is 20.7. The topological polar surface area (TPSA) is 52.5 Å². The molecule has 3 heteroatoms. The molecule has 62 valence electrons. The summed E-state index contributed by atoms with van der Waals surface area (Å²) < 4.78 is 0. The molecule has 0 bridgehead atoms. The standard InChI is InChI=1S/C7H17NO2/c1-3-4-7(5-9,6-10)8-2/h8-10H,3-6H2,1-2H3. The average molecular weight is 147 g/mol. The van der Waals surface area contributed by atoms with E-state index in [0.29, 0.717) is 0 Å². The van der Waals surface area contributed by atoms with Crippen molar-refractivity contribution >= 4 is 0 Å². The molecule has 0 unspecified atom stereocenters. The highest BCUT2D eigenvalue weighted by atomic mass is 16.3. The Morgan fingerprint density at radius 3 is 1.90 bits per heavy atom. The second-order valence-corrected chi connectivity index (χ2v) is 2.60. The Kier molecular flexibility index (Phi) is 4.60. The first kappa shape index (κ1) is 9.88. The van der Waals surface area contributed by atoms with E-state index in [-0.39, 0.29) is 13.2 Å². The van der Waals surface area contributed by atoms with E-state index in [1.807, 2.05) is 6.92 Å². The molecule has 10 heavy (non-hydrogen) atoms. The molecule has 0 aromatic carbocycles. The lowest BCUT2D eigenvalue weighted by atomic mass is 9.96. The van der Waals surface area contributed by atoms with E-state index in [1.54, 1.807) is 7.05 Å². The molecular formula is C7H17NO2. The maximum atomic E-state index is 8.89. The van der Waals surface area contributed by atoms with E-state index in [0.717, 1.165) is 12.8 Å². The first-order chi connectivity index (χ1) is 4.74. The van der Waals surface area contributed by atoms with Crippen molar-refractivity contribution in [2.24, 2.45) is 0 Å². The fourth-order valence-electron chi connectivity index (χ4n) is 0.970. The quantitative estimate of drug-likeness (QED) is 0.501. The van der Waals surface area contributed by atoms with Crippen LogP contribution in [0.1, 0.15) is 19.8 Å².